The lowest BCUT2D eigenvalue weighted by molar-refractivity contribution is -0.152. The summed E-state index contributed by atoms with van der Waals surface area (Å²) in [6.45, 7) is 3.00. The molecular formula is C20H25N3O5. The van der Waals surface area contributed by atoms with E-state index in [4.69, 9.17) is 9.47 Å². The molecule has 0 aromatic heterocycles. The average Bonchev–Trinajstić information content (AvgIpc) is 3.32. The monoisotopic (exact) mass is 387 g/mol. The molecule has 1 aromatic rings. The van der Waals surface area contributed by atoms with Gasteiger partial charge in [-0.15, -0.1) is 0 Å². The molecule has 4 rings (SSSR count). The average molecular weight is 387 g/mol. The Labute approximate surface area is 163 Å². The van der Waals surface area contributed by atoms with Gasteiger partial charge in [0.2, 0.25) is 5.91 Å². The first-order valence-electron chi connectivity index (χ1n) is 9.73. The summed E-state index contributed by atoms with van der Waals surface area (Å²) in [5.74, 6) is -0.677. The normalized spacial score (nSPS) is 28.7. The molecule has 0 aliphatic carbocycles. The molecule has 2 unspecified atom stereocenters. The van der Waals surface area contributed by atoms with Crippen LogP contribution in [0, 0.1) is 0 Å². The predicted octanol–water partition coefficient (Wildman–Crippen LogP) is 1.21. The molecule has 0 spiro atoms. The van der Waals surface area contributed by atoms with Gasteiger partial charge in [0.1, 0.15) is 12.1 Å². The van der Waals surface area contributed by atoms with Crippen LogP contribution in [0.3, 0.4) is 0 Å². The van der Waals surface area contributed by atoms with Crippen molar-refractivity contribution in [2.45, 2.75) is 44.1 Å². The Morgan fingerprint density at radius 2 is 1.89 bits per heavy atom. The van der Waals surface area contributed by atoms with E-state index in [0.29, 0.717) is 25.3 Å². The summed E-state index contributed by atoms with van der Waals surface area (Å²) in [5, 5.41) is 2.74. The van der Waals surface area contributed by atoms with Crippen molar-refractivity contribution in [1.29, 1.82) is 0 Å². The molecule has 1 N–H and O–H groups in total. The number of carbonyl (C=O) groups is 3. The lowest BCUT2D eigenvalue weighted by Gasteiger charge is -2.38. The highest BCUT2D eigenvalue weighted by Crippen LogP contribution is 2.29. The zero-order valence-corrected chi connectivity index (χ0v) is 15.9. The number of ether oxygens (including phenoxy) is 2. The summed E-state index contributed by atoms with van der Waals surface area (Å²) in [6, 6.07) is 8.33. The van der Waals surface area contributed by atoms with Gasteiger partial charge < -0.3 is 19.7 Å². The van der Waals surface area contributed by atoms with Crippen LogP contribution in [0.1, 0.15) is 31.7 Å². The molecule has 0 radical (unpaired) electrons. The van der Waals surface area contributed by atoms with Gasteiger partial charge >= 0.3 is 6.03 Å². The molecule has 3 aliphatic rings. The number of likely N-dealkylation sites (tertiary alicyclic amines) is 1. The number of piperidine rings is 1. The molecule has 3 aliphatic heterocycles. The van der Waals surface area contributed by atoms with Gasteiger partial charge in [-0.3, -0.25) is 14.5 Å². The number of rotatable bonds is 4. The molecule has 150 valence electrons. The fraction of sp³-hybridized carbons (Fsp3) is 0.550. The molecule has 0 saturated carbocycles. The van der Waals surface area contributed by atoms with Gasteiger partial charge in [0.25, 0.3) is 5.91 Å². The molecule has 0 bridgehead atoms. The highest BCUT2D eigenvalue weighted by molar-refractivity contribution is 6.09. The van der Waals surface area contributed by atoms with Crippen LogP contribution < -0.4 is 5.32 Å². The number of imide groups is 1. The van der Waals surface area contributed by atoms with Crippen molar-refractivity contribution in [1.82, 2.24) is 15.1 Å². The molecule has 3 heterocycles. The van der Waals surface area contributed by atoms with Crippen LogP contribution in [0.25, 0.3) is 0 Å². The third-order valence-electron chi connectivity index (χ3n) is 5.75. The number of urea groups is 1. The molecule has 2 atom stereocenters. The SMILES string of the molecule is CC1(c2ccccc2)NC(=O)N(CC(=O)N2CCCCC2C2OCCO2)C1=O. The van der Waals surface area contributed by atoms with Crippen molar-refractivity contribution >= 4 is 17.8 Å². The number of hydrogen-bond donors (Lipinski definition) is 1. The number of benzene rings is 1. The van der Waals surface area contributed by atoms with Crippen LogP contribution in [-0.2, 0) is 24.6 Å². The Morgan fingerprint density at radius 3 is 2.61 bits per heavy atom. The van der Waals surface area contributed by atoms with Gasteiger partial charge in [-0.05, 0) is 31.7 Å². The first-order valence-corrected chi connectivity index (χ1v) is 9.73. The summed E-state index contributed by atoms with van der Waals surface area (Å²) < 4.78 is 11.2. The van der Waals surface area contributed by atoms with Crippen LogP contribution in [-0.4, -0.2) is 66.3 Å². The van der Waals surface area contributed by atoms with Crippen molar-refractivity contribution in [3.63, 3.8) is 0 Å². The van der Waals surface area contributed by atoms with E-state index in [2.05, 4.69) is 5.32 Å². The van der Waals surface area contributed by atoms with Crippen molar-refractivity contribution in [3.8, 4) is 0 Å². The standard InChI is InChI=1S/C20H25N3O5/c1-20(14-7-3-2-4-8-14)18(25)23(19(26)21-20)13-16(24)22-10-6-5-9-15(22)17-27-11-12-28-17/h2-4,7-8,15,17H,5-6,9-13H2,1H3,(H,21,26). The highest BCUT2D eigenvalue weighted by atomic mass is 16.7. The third-order valence-corrected chi connectivity index (χ3v) is 5.75. The number of hydrogen-bond acceptors (Lipinski definition) is 5. The maximum absolute atomic E-state index is 13.0. The number of carbonyl (C=O) groups excluding carboxylic acids is 3. The number of amides is 4. The van der Waals surface area contributed by atoms with E-state index in [1.807, 2.05) is 18.2 Å². The molecule has 28 heavy (non-hydrogen) atoms. The van der Waals surface area contributed by atoms with Crippen LogP contribution in [0.5, 0.6) is 0 Å². The zero-order chi connectivity index (χ0) is 19.7. The van der Waals surface area contributed by atoms with Gasteiger partial charge in [0.05, 0.1) is 19.3 Å². The van der Waals surface area contributed by atoms with Gasteiger partial charge in [-0.1, -0.05) is 30.3 Å². The minimum absolute atomic E-state index is 0.176. The van der Waals surface area contributed by atoms with E-state index >= 15 is 0 Å². The van der Waals surface area contributed by atoms with Crippen LogP contribution in [0.4, 0.5) is 4.79 Å². The maximum Gasteiger partial charge on any atom is 0.325 e. The van der Waals surface area contributed by atoms with E-state index in [-0.39, 0.29) is 18.5 Å². The quantitative estimate of drug-likeness (QED) is 0.785. The third kappa shape index (κ3) is 3.27. The van der Waals surface area contributed by atoms with E-state index in [0.717, 1.165) is 24.2 Å². The molecule has 8 heteroatoms. The Kier molecular flexibility index (Phi) is 5.07. The fourth-order valence-electron chi connectivity index (χ4n) is 4.18. The highest BCUT2D eigenvalue weighted by Gasteiger charge is 2.50. The lowest BCUT2D eigenvalue weighted by atomic mass is 9.92. The van der Waals surface area contributed by atoms with Crippen LogP contribution >= 0.6 is 0 Å². The number of nitrogens with one attached hydrogen (secondary N) is 1. The smallest absolute Gasteiger partial charge is 0.325 e. The van der Waals surface area contributed by atoms with Gasteiger partial charge in [0, 0.05) is 6.54 Å². The molecule has 1 aromatic carbocycles. The first kappa shape index (κ1) is 18.9. The Morgan fingerprint density at radius 1 is 1.18 bits per heavy atom. The topological polar surface area (TPSA) is 88.2 Å². The molecule has 4 amide bonds. The number of nitrogens with zero attached hydrogens (tertiary/aromatic N) is 2. The van der Waals surface area contributed by atoms with Gasteiger partial charge in [-0.2, -0.15) is 0 Å². The van der Waals surface area contributed by atoms with E-state index in [1.54, 1.807) is 24.0 Å². The Bertz CT molecular complexity index is 764. The molecule has 3 fully saturated rings. The van der Waals surface area contributed by atoms with E-state index in [9.17, 15) is 14.4 Å². The van der Waals surface area contributed by atoms with Crippen LogP contribution in [0.2, 0.25) is 0 Å². The van der Waals surface area contributed by atoms with Gasteiger partial charge in [-0.25, -0.2) is 4.79 Å². The maximum atomic E-state index is 13.0. The summed E-state index contributed by atoms with van der Waals surface area (Å²) >= 11 is 0. The second kappa shape index (κ2) is 7.52. The summed E-state index contributed by atoms with van der Waals surface area (Å²) in [7, 11) is 0. The van der Waals surface area contributed by atoms with Crippen molar-refractivity contribution < 1.29 is 23.9 Å². The minimum Gasteiger partial charge on any atom is -0.348 e. The second-order valence-electron chi connectivity index (χ2n) is 7.57. The van der Waals surface area contributed by atoms with Crippen LogP contribution in [0.15, 0.2) is 30.3 Å². The van der Waals surface area contributed by atoms with Crippen molar-refractivity contribution in [2.24, 2.45) is 0 Å². The summed E-state index contributed by atoms with van der Waals surface area (Å²) in [4.78, 5) is 41.2. The minimum atomic E-state index is -1.17. The predicted molar refractivity (Wildman–Crippen MR) is 99.1 cm³/mol. The second-order valence-corrected chi connectivity index (χ2v) is 7.57. The zero-order valence-electron chi connectivity index (χ0n) is 15.9. The fourth-order valence-corrected chi connectivity index (χ4v) is 4.18. The molecule has 8 nitrogen and oxygen atoms in total. The lowest BCUT2D eigenvalue weighted by Crippen LogP contribution is -2.53. The first-order chi connectivity index (χ1) is 13.5. The molecule has 3 saturated heterocycles. The summed E-state index contributed by atoms with van der Waals surface area (Å²) in [5.41, 5.74) is -0.482. The summed E-state index contributed by atoms with van der Waals surface area (Å²) in [6.07, 6.45) is 2.24. The van der Waals surface area contributed by atoms with Gasteiger partial charge in [0.15, 0.2) is 6.29 Å². The van der Waals surface area contributed by atoms with Crippen molar-refractivity contribution in [3.05, 3.63) is 35.9 Å². The Hall–Kier alpha value is -2.45. The van der Waals surface area contributed by atoms with Crippen molar-refractivity contribution in [2.75, 3.05) is 26.3 Å². The van der Waals surface area contributed by atoms with E-state index in [1.165, 1.54) is 0 Å². The van der Waals surface area contributed by atoms with E-state index < -0.39 is 23.8 Å². The Balaban J connectivity index is 1.49. The molecular weight excluding hydrogens is 362 g/mol. The largest absolute Gasteiger partial charge is 0.348 e.